The third-order valence-corrected chi connectivity index (χ3v) is 5.95. The van der Waals surface area contributed by atoms with Crippen molar-refractivity contribution in [1.29, 1.82) is 0 Å². The molecule has 4 rings (SSSR count). The van der Waals surface area contributed by atoms with Crippen molar-refractivity contribution in [3.8, 4) is 5.69 Å². The molecular formula is C18H20BrFN4O2. The molecule has 2 fully saturated rings. The summed E-state index contributed by atoms with van der Waals surface area (Å²) in [5, 5.41) is 6.51. The smallest absolute Gasteiger partial charge is 0.342 e. The lowest BCUT2D eigenvalue weighted by molar-refractivity contribution is -0.135. The van der Waals surface area contributed by atoms with Crippen LogP contribution < -0.4 is 5.69 Å². The number of likely N-dealkylation sites (tertiary alicyclic amines) is 1. The van der Waals surface area contributed by atoms with Crippen molar-refractivity contribution in [3.05, 3.63) is 44.8 Å². The lowest BCUT2D eigenvalue weighted by Crippen LogP contribution is -2.34. The fourth-order valence-electron chi connectivity index (χ4n) is 3.60. The first-order chi connectivity index (χ1) is 12.4. The summed E-state index contributed by atoms with van der Waals surface area (Å²) in [7, 11) is 0. The average Bonchev–Trinajstić information content (AvgIpc) is 3.02. The topological polar surface area (TPSA) is 71.0 Å². The maximum absolute atomic E-state index is 14.3. The molecule has 2 aliphatic rings. The predicted octanol–water partition coefficient (Wildman–Crippen LogP) is 2.65. The molecule has 138 valence electrons. The number of halogens is 2. The first kappa shape index (κ1) is 17.5. The van der Waals surface area contributed by atoms with E-state index >= 15 is 0 Å². The molecule has 0 spiro atoms. The summed E-state index contributed by atoms with van der Waals surface area (Å²) in [6, 6.07) is 4.57. The normalized spacial score (nSPS) is 21.2. The molecule has 6 nitrogen and oxygen atoms in total. The lowest BCUT2D eigenvalue weighted by Gasteiger charge is -2.20. The number of nitrogens with zero attached hydrogens (tertiary/aromatic N) is 3. The minimum absolute atomic E-state index is 0.163. The van der Waals surface area contributed by atoms with Gasteiger partial charge in [0.1, 0.15) is 11.6 Å². The minimum atomic E-state index is -0.492. The highest BCUT2D eigenvalue weighted by Gasteiger charge is 2.48. The van der Waals surface area contributed by atoms with Crippen molar-refractivity contribution >= 4 is 21.8 Å². The van der Waals surface area contributed by atoms with E-state index < -0.39 is 11.5 Å². The molecule has 8 heteroatoms. The van der Waals surface area contributed by atoms with Crippen LogP contribution in [0.5, 0.6) is 0 Å². The molecule has 2 heterocycles. The number of carbonyl (C=O) groups excluding carboxylic acids is 1. The SMILES string of the molecule is CC1(C(=O)N2CC[C@@H](Cc3n[nH]c(=O)n3-c3ccc(Br)cc3F)C2)CC1. The Hall–Kier alpha value is -1.96. The molecule has 1 aliphatic carbocycles. The second kappa shape index (κ2) is 6.33. The third kappa shape index (κ3) is 3.11. The summed E-state index contributed by atoms with van der Waals surface area (Å²) in [6.45, 7) is 3.42. The predicted molar refractivity (Wildman–Crippen MR) is 97.6 cm³/mol. The Morgan fingerprint density at radius 3 is 2.92 bits per heavy atom. The van der Waals surface area contributed by atoms with Gasteiger partial charge in [0.05, 0.1) is 5.69 Å². The minimum Gasteiger partial charge on any atom is -0.342 e. The number of aromatic amines is 1. The standard InChI is InChI=1S/C18H20BrFN4O2/c1-18(5-6-18)16(25)23-7-4-11(10-23)8-15-21-22-17(26)24(15)14-3-2-12(19)9-13(14)20/h2-3,9,11H,4-8,10H2,1H3,(H,22,26)/t11-/m0/s1. The van der Waals surface area contributed by atoms with Crippen LogP contribution in [0.15, 0.2) is 27.5 Å². The van der Waals surface area contributed by atoms with E-state index in [0.717, 1.165) is 25.8 Å². The van der Waals surface area contributed by atoms with Crippen LogP contribution in [-0.2, 0) is 11.2 Å². The van der Waals surface area contributed by atoms with E-state index in [0.29, 0.717) is 23.3 Å². The van der Waals surface area contributed by atoms with E-state index in [2.05, 4.69) is 26.1 Å². The highest BCUT2D eigenvalue weighted by Crippen LogP contribution is 2.47. The van der Waals surface area contributed by atoms with Gasteiger partial charge in [-0.15, -0.1) is 0 Å². The fourth-order valence-corrected chi connectivity index (χ4v) is 3.94. The first-order valence-electron chi connectivity index (χ1n) is 8.78. The Morgan fingerprint density at radius 1 is 1.46 bits per heavy atom. The molecule has 1 saturated heterocycles. The number of hydrogen-bond acceptors (Lipinski definition) is 3. The number of nitrogens with one attached hydrogen (secondary N) is 1. The van der Waals surface area contributed by atoms with Crippen molar-refractivity contribution in [3.63, 3.8) is 0 Å². The number of amides is 1. The van der Waals surface area contributed by atoms with E-state index in [1.165, 1.54) is 10.6 Å². The van der Waals surface area contributed by atoms with E-state index in [1.807, 2.05) is 11.8 Å². The van der Waals surface area contributed by atoms with Crippen LogP contribution in [0.1, 0.15) is 32.0 Å². The van der Waals surface area contributed by atoms with Gasteiger partial charge in [-0.2, -0.15) is 5.10 Å². The molecule has 1 aromatic heterocycles. The van der Waals surface area contributed by atoms with Crippen molar-refractivity contribution < 1.29 is 9.18 Å². The summed E-state index contributed by atoms with van der Waals surface area (Å²) in [5.74, 6) is 0.453. The molecule has 1 saturated carbocycles. The van der Waals surface area contributed by atoms with Crippen LogP contribution >= 0.6 is 15.9 Å². The number of hydrogen-bond donors (Lipinski definition) is 1. The van der Waals surface area contributed by atoms with Gasteiger partial charge in [0.25, 0.3) is 0 Å². The average molecular weight is 423 g/mol. The maximum Gasteiger partial charge on any atom is 0.348 e. The van der Waals surface area contributed by atoms with Crippen molar-refractivity contribution in [2.45, 2.75) is 32.6 Å². The Kier molecular flexibility index (Phi) is 4.25. The number of aromatic nitrogens is 3. The zero-order valence-corrected chi connectivity index (χ0v) is 16.1. The second-order valence-electron chi connectivity index (χ2n) is 7.55. The number of carbonyl (C=O) groups is 1. The molecule has 1 atom stereocenters. The Labute approximate surface area is 158 Å². The first-order valence-corrected chi connectivity index (χ1v) is 9.58. The molecule has 1 aliphatic heterocycles. The van der Waals surface area contributed by atoms with Crippen LogP contribution in [0.2, 0.25) is 0 Å². The van der Waals surface area contributed by atoms with Crippen molar-refractivity contribution in [1.82, 2.24) is 19.7 Å². The molecule has 2 aromatic rings. The van der Waals surface area contributed by atoms with Crippen LogP contribution in [0.25, 0.3) is 5.69 Å². The number of rotatable bonds is 4. The van der Waals surface area contributed by atoms with E-state index in [4.69, 9.17) is 0 Å². The van der Waals surface area contributed by atoms with E-state index in [-0.39, 0.29) is 22.9 Å². The fraction of sp³-hybridized carbons (Fsp3) is 0.500. The quantitative estimate of drug-likeness (QED) is 0.822. The zero-order chi connectivity index (χ0) is 18.5. The second-order valence-corrected chi connectivity index (χ2v) is 8.46. The van der Waals surface area contributed by atoms with E-state index in [9.17, 15) is 14.0 Å². The van der Waals surface area contributed by atoms with Crippen molar-refractivity contribution in [2.24, 2.45) is 11.3 Å². The third-order valence-electron chi connectivity index (χ3n) is 5.45. The highest BCUT2D eigenvalue weighted by molar-refractivity contribution is 9.10. The number of benzene rings is 1. The molecule has 0 unspecified atom stereocenters. The summed E-state index contributed by atoms with van der Waals surface area (Å²) in [4.78, 5) is 26.6. The maximum atomic E-state index is 14.3. The van der Waals surface area contributed by atoms with Gasteiger partial charge in [0, 0.05) is 29.4 Å². The van der Waals surface area contributed by atoms with E-state index in [1.54, 1.807) is 12.1 Å². The molecule has 1 N–H and O–H groups in total. The van der Waals surface area contributed by atoms with Crippen LogP contribution in [0.3, 0.4) is 0 Å². The largest absolute Gasteiger partial charge is 0.348 e. The summed E-state index contributed by atoms with van der Waals surface area (Å²) >= 11 is 3.22. The molecule has 1 amide bonds. The van der Waals surface area contributed by atoms with Gasteiger partial charge in [0.15, 0.2) is 0 Å². The Bertz CT molecular complexity index is 918. The molecular weight excluding hydrogens is 403 g/mol. The molecule has 1 aromatic carbocycles. The van der Waals surface area contributed by atoms with Gasteiger partial charge < -0.3 is 4.90 Å². The van der Waals surface area contributed by atoms with Gasteiger partial charge in [0.2, 0.25) is 5.91 Å². The highest BCUT2D eigenvalue weighted by atomic mass is 79.9. The Balaban J connectivity index is 1.53. The van der Waals surface area contributed by atoms with Crippen LogP contribution in [-0.4, -0.2) is 38.7 Å². The molecule has 0 bridgehead atoms. The van der Waals surface area contributed by atoms with Gasteiger partial charge in [-0.05, 0) is 43.4 Å². The van der Waals surface area contributed by atoms with Gasteiger partial charge >= 0.3 is 5.69 Å². The summed E-state index contributed by atoms with van der Waals surface area (Å²) in [6.07, 6.45) is 3.32. The van der Waals surface area contributed by atoms with Gasteiger partial charge in [-0.25, -0.2) is 18.9 Å². The molecule has 0 radical (unpaired) electrons. The van der Waals surface area contributed by atoms with Gasteiger partial charge in [-0.3, -0.25) is 4.79 Å². The Morgan fingerprint density at radius 2 is 2.23 bits per heavy atom. The summed E-state index contributed by atoms with van der Waals surface area (Å²) in [5.41, 5.74) is -0.444. The van der Waals surface area contributed by atoms with Gasteiger partial charge in [-0.1, -0.05) is 22.9 Å². The lowest BCUT2D eigenvalue weighted by atomic mass is 10.0. The zero-order valence-electron chi connectivity index (χ0n) is 14.5. The summed E-state index contributed by atoms with van der Waals surface area (Å²) < 4.78 is 16.2. The van der Waals surface area contributed by atoms with Crippen LogP contribution in [0, 0.1) is 17.2 Å². The monoisotopic (exact) mass is 422 g/mol. The number of H-pyrrole nitrogens is 1. The van der Waals surface area contributed by atoms with Crippen molar-refractivity contribution in [2.75, 3.05) is 13.1 Å². The van der Waals surface area contributed by atoms with Crippen LogP contribution in [0.4, 0.5) is 4.39 Å². The molecule has 26 heavy (non-hydrogen) atoms.